The molecule has 0 fully saturated rings. The van der Waals surface area contributed by atoms with Gasteiger partial charge in [-0.2, -0.15) is 5.10 Å². The maximum Gasteiger partial charge on any atom is 0.356 e. The highest BCUT2D eigenvalue weighted by Crippen LogP contribution is 2.22. The molecule has 0 bridgehead atoms. The highest BCUT2D eigenvalue weighted by molar-refractivity contribution is 9.10. The third-order valence-electron chi connectivity index (χ3n) is 2.66. The average molecular weight is 339 g/mol. The lowest BCUT2D eigenvalue weighted by Gasteiger charge is -2.09. The summed E-state index contributed by atoms with van der Waals surface area (Å²) in [5.41, 5.74) is 0.217. The SMILES string of the molecule is COc1ccc(Br)c(Cn2nc(C(=O)O)ccc2=O)c1. The molecule has 0 aliphatic rings. The summed E-state index contributed by atoms with van der Waals surface area (Å²) in [4.78, 5) is 22.6. The van der Waals surface area contributed by atoms with Crippen molar-refractivity contribution >= 4 is 21.9 Å². The number of benzene rings is 1. The summed E-state index contributed by atoms with van der Waals surface area (Å²) >= 11 is 3.37. The zero-order chi connectivity index (χ0) is 14.7. The number of halogens is 1. The van der Waals surface area contributed by atoms with Gasteiger partial charge in [-0.15, -0.1) is 0 Å². The van der Waals surface area contributed by atoms with Crippen LogP contribution in [0.15, 0.2) is 39.6 Å². The van der Waals surface area contributed by atoms with Crippen molar-refractivity contribution < 1.29 is 14.6 Å². The van der Waals surface area contributed by atoms with E-state index in [0.717, 1.165) is 14.7 Å². The van der Waals surface area contributed by atoms with Crippen LogP contribution in [0.2, 0.25) is 0 Å². The molecule has 2 aromatic rings. The van der Waals surface area contributed by atoms with Gasteiger partial charge in [0.25, 0.3) is 5.56 Å². The van der Waals surface area contributed by atoms with Crippen molar-refractivity contribution in [3.63, 3.8) is 0 Å². The van der Waals surface area contributed by atoms with Gasteiger partial charge >= 0.3 is 5.97 Å². The monoisotopic (exact) mass is 338 g/mol. The molecule has 0 aliphatic carbocycles. The molecule has 1 N–H and O–H groups in total. The molecule has 0 atom stereocenters. The first-order valence-corrected chi connectivity index (χ1v) is 6.44. The second-order valence-corrected chi connectivity index (χ2v) is 4.83. The van der Waals surface area contributed by atoms with Crippen LogP contribution in [0, 0.1) is 0 Å². The van der Waals surface area contributed by atoms with Gasteiger partial charge in [-0.25, -0.2) is 9.48 Å². The summed E-state index contributed by atoms with van der Waals surface area (Å²) in [5, 5.41) is 12.7. The fourth-order valence-corrected chi connectivity index (χ4v) is 2.01. The lowest BCUT2D eigenvalue weighted by Crippen LogP contribution is -2.25. The van der Waals surface area contributed by atoms with Crippen LogP contribution in [0.1, 0.15) is 16.1 Å². The Bertz CT molecular complexity index is 712. The van der Waals surface area contributed by atoms with Gasteiger partial charge in [0.15, 0.2) is 5.69 Å². The predicted molar refractivity (Wildman–Crippen MR) is 75.3 cm³/mol. The quantitative estimate of drug-likeness (QED) is 0.918. The van der Waals surface area contributed by atoms with E-state index in [9.17, 15) is 9.59 Å². The van der Waals surface area contributed by atoms with Crippen molar-refractivity contribution in [2.45, 2.75) is 6.54 Å². The van der Waals surface area contributed by atoms with Gasteiger partial charge in [-0.05, 0) is 29.8 Å². The molecule has 0 amide bonds. The number of rotatable bonds is 4. The number of methoxy groups -OCH3 is 1. The lowest BCUT2D eigenvalue weighted by molar-refractivity contribution is 0.0687. The minimum absolute atomic E-state index is 0.151. The van der Waals surface area contributed by atoms with Gasteiger partial charge in [-0.3, -0.25) is 4.79 Å². The third kappa shape index (κ3) is 3.05. The zero-order valence-electron chi connectivity index (χ0n) is 10.5. The first-order chi connectivity index (χ1) is 9.51. The smallest absolute Gasteiger partial charge is 0.356 e. The van der Waals surface area contributed by atoms with Gasteiger partial charge in [0.1, 0.15) is 5.75 Å². The number of hydrogen-bond donors (Lipinski definition) is 1. The molecule has 0 unspecified atom stereocenters. The molecule has 0 saturated carbocycles. The van der Waals surface area contributed by atoms with Crippen molar-refractivity contribution in [3.8, 4) is 5.75 Å². The molecule has 7 heteroatoms. The van der Waals surface area contributed by atoms with Crippen LogP contribution < -0.4 is 10.3 Å². The van der Waals surface area contributed by atoms with Crippen LogP contribution >= 0.6 is 15.9 Å². The number of carboxylic acids is 1. The van der Waals surface area contributed by atoms with Gasteiger partial charge in [-0.1, -0.05) is 15.9 Å². The number of hydrogen-bond acceptors (Lipinski definition) is 4. The fraction of sp³-hybridized carbons (Fsp3) is 0.154. The molecule has 104 valence electrons. The van der Waals surface area contributed by atoms with E-state index in [0.29, 0.717) is 5.75 Å². The second kappa shape index (κ2) is 5.87. The number of aromatic carboxylic acids is 1. The molecule has 1 heterocycles. The summed E-state index contributed by atoms with van der Waals surface area (Å²) in [6, 6.07) is 7.69. The number of carboxylic acid groups (broad SMARTS) is 1. The van der Waals surface area contributed by atoms with Crippen molar-refractivity contribution in [1.82, 2.24) is 9.78 Å². The molecule has 2 rings (SSSR count). The van der Waals surface area contributed by atoms with Crippen LogP contribution in [0.4, 0.5) is 0 Å². The van der Waals surface area contributed by atoms with E-state index in [1.54, 1.807) is 25.3 Å². The van der Waals surface area contributed by atoms with Crippen molar-refractivity contribution in [3.05, 3.63) is 56.4 Å². The van der Waals surface area contributed by atoms with E-state index >= 15 is 0 Å². The topological polar surface area (TPSA) is 81.4 Å². The van der Waals surface area contributed by atoms with E-state index in [-0.39, 0.29) is 17.8 Å². The number of ether oxygens (including phenoxy) is 1. The largest absolute Gasteiger partial charge is 0.497 e. The predicted octanol–water partition coefficient (Wildman–Crippen LogP) is 1.76. The first-order valence-electron chi connectivity index (χ1n) is 5.65. The zero-order valence-corrected chi connectivity index (χ0v) is 12.1. The van der Waals surface area contributed by atoms with Crippen LogP contribution in [-0.4, -0.2) is 28.0 Å². The molecule has 1 aromatic carbocycles. The number of carbonyl (C=O) groups is 1. The summed E-state index contributed by atoms with van der Waals surface area (Å²) in [6.07, 6.45) is 0. The van der Waals surface area contributed by atoms with E-state index in [1.807, 2.05) is 0 Å². The Hall–Kier alpha value is -2.15. The molecule has 0 saturated heterocycles. The minimum atomic E-state index is -1.18. The summed E-state index contributed by atoms with van der Waals surface area (Å²) in [5.74, 6) is -0.533. The molecule has 6 nitrogen and oxygen atoms in total. The molecule has 0 radical (unpaired) electrons. The number of aromatic nitrogens is 2. The van der Waals surface area contributed by atoms with Crippen LogP contribution in [0.25, 0.3) is 0 Å². The van der Waals surface area contributed by atoms with Crippen molar-refractivity contribution in [2.24, 2.45) is 0 Å². The van der Waals surface area contributed by atoms with Gasteiger partial charge in [0, 0.05) is 10.5 Å². The summed E-state index contributed by atoms with van der Waals surface area (Å²) in [7, 11) is 1.54. The lowest BCUT2D eigenvalue weighted by atomic mass is 10.2. The standard InChI is InChI=1S/C13H11BrN2O4/c1-20-9-2-3-10(14)8(6-9)7-16-12(17)5-4-11(15-16)13(18)19/h2-6H,7H2,1H3,(H,18,19). The molecule has 20 heavy (non-hydrogen) atoms. The molecular formula is C13H11BrN2O4. The van der Waals surface area contributed by atoms with Gasteiger partial charge < -0.3 is 9.84 Å². The number of nitrogens with zero attached hydrogens (tertiary/aromatic N) is 2. The van der Waals surface area contributed by atoms with Crippen LogP contribution in [0.3, 0.4) is 0 Å². The molecular weight excluding hydrogens is 328 g/mol. The van der Waals surface area contributed by atoms with Crippen molar-refractivity contribution in [1.29, 1.82) is 0 Å². The summed E-state index contributed by atoms with van der Waals surface area (Å²) < 4.78 is 7.00. The Balaban J connectivity index is 2.41. The van der Waals surface area contributed by atoms with Gasteiger partial charge in [0.05, 0.1) is 13.7 Å². The Morgan fingerprint density at radius 1 is 1.40 bits per heavy atom. The van der Waals surface area contributed by atoms with Gasteiger partial charge in [0.2, 0.25) is 0 Å². The Morgan fingerprint density at radius 3 is 2.80 bits per heavy atom. The molecule has 0 aliphatic heterocycles. The Labute approximate surface area is 122 Å². The van der Waals surface area contributed by atoms with Crippen LogP contribution in [0.5, 0.6) is 5.75 Å². The Kier molecular flexibility index (Phi) is 4.19. The first kappa shape index (κ1) is 14.3. The van der Waals surface area contributed by atoms with Crippen LogP contribution in [-0.2, 0) is 6.54 Å². The Morgan fingerprint density at radius 2 is 2.15 bits per heavy atom. The fourth-order valence-electron chi connectivity index (χ4n) is 1.64. The van der Waals surface area contributed by atoms with E-state index in [4.69, 9.17) is 9.84 Å². The van der Waals surface area contributed by atoms with E-state index in [2.05, 4.69) is 21.0 Å². The molecule has 1 aromatic heterocycles. The normalized spacial score (nSPS) is 10.3. The maximum absolute atomic E-state index is 11.7. The molecule has 0 spiro atoms. The highest BCUT2D eigenvalue weighted by Gasteiger charge is 2.09. The van der Waals surface area contributed by atoms with E-state index < -0.39 is 5.97 Å². The summed E-state index contributed by atoms with van der Waals surface area (Å²) in [6.45, 7) is 0.151. The minimum Gasteiger partial charge on any atom is -0.497 e. The average Bonchev–Trinajstić information content (AvgIpc) is 2.43. The maximum atomic E-state index is 11.7. The van der Waals surface area contributed by atoms with Crippen molar-refractivity contribution in [2.75, 3.05) is 7.11 Å². The second-order valence-electron chi connectivity index (χ2n) is 3.98. The highest BCUT2D eigenvalue weighted by atomic mass is 79.9. The van der Waals surface area contributed by atoms with E-state index in [1.165, 1.54) is 12.1 Å². The third-order valence-corrected chi connectivity index (χ3v) is 3.43.